The first-order valence-corrected chi connectivity index (χ1v) is 6.75. The fraction of sp³-hybridized carbons (Fsp3) is 1.00. The van der Waals surface area contributed by atoms with Gasteiger partial charge in [-0.15, -0.1) is 0 Å². The fourth-order valence-electron chi connectivity index (χ4n) is 2.28. The molecule has 0 saturated heterocycles. The molecule has 0 spiro atoms. The molecule has 1 aliphatic rings. The summed E-state index contributed by atoms with van der Waals surface area (Å²) in [6.07, 6.45) is 10.1. The van der Waals surface area contributed by atoms with E-state index in [9.17, 15) is 0 Å². The van der Waals surface area contributed by atoms with Crippen LogP contribution in [0, 0.1) is 11.8 Å². The minimum absolute atomic E-state index is 0.827. The van der Waals surface area contributed by atoms with E-state index in [1.54, 1.807) is 0 Å². The molecule has 78 valence electrons. The van der Waals surface area contributed by atoms with Crippen LogP contribution in [0.3, 0.4) is 0 Å². The van der Waals surface area contributed by atoms with Gasteiger partial charge in [0, 0.05) is 4.83 Å². The van der Waals surface area contributed by atoms with Crippen LogP contribution in [0.5, 0.6) is 0 Å². The predicted octanol–water partition coefficient (Wildman–Crippen LogP) is 4.77. The normalized spacial score (nSPS) is 29.5. The summed E-state index contributed by atoms with van der Waals surface area (Å²) in [7, 11) is 0. The number of halogens is 1. The van der Waals surface area contributed by atoms with Gasteiger partial charge in [0.2, 0.25) is 0 Å². The lowest BCUT2D eigenvalue weighted by Gasteiger charge is -2.27. The first-order chi connectivity index (χ1) is 6.20. The molecule has 0 nitrogen and oxygen atoms in total. The Hall–Kier alpha value is 0.480. The second-order valence-corrected chi connectivity index (χ2v) is 6.06. The van der Waals surface area contributed by atoms with Gasteiger partial charge in [-0.3, -0.25) is 0 Å². The second kappa shape index (κ2) is 6.06. The van der Waals surface area contributed by atoms with E-state index in [4.69, 9.17) is 0 Å². The van der Waals surface area contributed by atoms with Crippen LogP contribution in [0.1, 0.15) is 58.8 Å². The lowest BCUT2D eigenvalue weighted by Crippen LogP contribution is -2.19. The van der Waals surface area contributed by atoms with Gasteiger partial charge in [0.25, 0.3) is 0 Å². The molecule has 2 atom stereocenters. The van der Waals surface area contributed by atoms with Gasteiger partial charge in [-0.25, -0.2) is 0 Å². The van der Waals surface area contributed by atoms with Crippen LogP contribution in [0.2, 0.25) is 0 Å². The summed E-state index contributed by atoms with van der Waals surface area (Å²) in [5.41, 5.74) is 0. The van der Waals surface area contributed by atoms with Crippen molar-refractivity contribution in [2.45, 2.75) is 63.6 Å². The van der Waals surface area contributed by atoms with Crippen LogP contribution in [-0.4, -0.2) is 4.83 Å². The van der Waals surface area contributed by atoms with Gasteiger partial charge in [0.1, 0.15) is 0 Å². The Morgan fingerprint density at radius 1 is 1.23 bits per heavy atom. The smallest absolute Gasteiger partial charge is 0.0174 e. The molecule has 1 saturated carbocycles. The van der Waals surface area contributed by atoms with Crippen LogP contribution in [0.25, 0.3) is 0 Å². The van der Waals surface area contributed by atoms with E-state index >= 15 is 0 Å². The van der Waals surface area contributed by atoms with Crippen molar-refractivity contribution in [2.75, 3.05) is 0 Å². The van der Waals surface area contributed by atoms with Crippen molar-refractivity contribution in [3.05, 3.63) is 0 Å². The van der Waals surface area contributed by atoms with Gasteiger partial charge >= 0.3 is 0 Å². The Labute approximate surface area is 91.6 Å². The molecule has 0 N–H and O–H groups in total. The van der Waals surface area contributed by atoms with Gasteiger partial charge in [-0.1, -0.05) is 55.5 Å². The SMILES string of the molecule is CC(C)CCCC1CCCCC1Br. The predicted molar refractivity (Wildman–Crippen MR) is 63.4 cm³/mol. The summed E-state index contributed by atoms with van der Waals surface area (Å²) in [5, 5.41) is 0. The zero-order chi connectivity index (χ0) is 9.68. The van der Waals surface area contributed by atoms with Gasteiger partial charge in [-0.05, 0) is 31.1 Å². The molecule has 0 bridgehead atoms. The highest BCUT2D eigenvalue weighted by Gasteiger charge is 2.21. The van der Waals surface area contributed by atoms with Crippen molar-refractivity contribution in [1.82, 2.24) is 0 Å². The molecule has 0 aromatic carbocycles. The fourth-order valence-corrected chi connectivity index (χ4v) is 3.13. The molecule has 0 aliphatic heterocycles. The third-order valence-electron chi connectivity index (χ3n) is 3.17. The molecule has 0 radical (unpaired) electrons. The molecule has 1 rings (SSSR count). The average molecular weight is 247 g/mol. The molecule has 0 heterocycles. The van der Waals surface area contributed by atoms with Crippen molar-refractivity contribution in [2.24, 2.45) is 11.8 Å². The Morgan fingerprint density at radius 3 is 2.54 bits per heavy atom. The summed E-state index contributed by atoms with van der Waals surface area (Å²) < 4.78 is 0. The highest BCUT2D eigenvalue weighted by atomic mass is 79.9. The van der Waals surface area contributed by atoms with E-state index in [0.29, 0.717) is 0 Å². The summed E-state index contributed by atoms with van der Waals surface area (Å²) in [6, 6.07) is 0. The summed E-state index contributed by atoms with van der Waals surface area (Å²) in [5.74, 6) is 1.87. The highest BCUT2D eigenvalue weighted by molar-refractivity contribution is 9.09. The molecule has 1 fully saturated rings. The topological polar surface area (TPSA) is 0 Å². The number of rotatable bonds is 4. The van der Waals surface area contributed by atoms with E-state index in [2.05, 4.69) is 29.8 Å². The molecule has 13 heavy (non-hydrogen) atoms. The monoisotopic (exact) mass is 246 g/mol. The second-order valence-electron chi connectivity index (χ2n) is 4.89. The Morgan fingerprint density at radius 2 is 1.92 bits per heavy atom. The van der Waals surface area contributed by atoms with Crippen LogP contribution in [0.4, 0.5) is 0 Å². The van der Waals surface area contributed by atoms with Gasteiger partial charge < -0.3 is 0 Å². The maximum Gasteiger partial charge on any atom is 0.0174 e. The van der Waals surface area contributed by atoms with Gasteiger partial charge in [0.05, 0.1) is 0 Å². The van der Waals surface area contributed by atoms with E-state index in [0.717, 1.165) is 16.7 Å². The van der Waals surface area contributed by atoms with Crippen LogP contribution in [-0.2, 0) is 0 Å². The van der Waals surface area contributed by atoms with Crippen LogP contribution >= 0.6 is 15.9 Å². The minimum Gasteiger partial charge on any atom is -0.0888 e. The number of alkyl halides is 1. The van der Waals surface area contributed by atoms with Crippen molar-refractivity contribution in [3.8, 4) is 0 Å². The molecule has 0 aromatic heterocycles. The van der Waals surface area contributed by atoms with E-state index in [-0.39, 0.29) is 0 Å². The highest BCUT2D eigenvalue weighted by Crippen LogP contribution is 2.33. The van der Waals surface area contributed by atoms with Gasteiger partial charge in [-0.2, -0.15) is 0 Å². The molecule has 1 heteroatoms. The lowest BCUT2D eigenvalue weighted by molar-refractivity contribution is 0.337. The maximum atomic E-state index is 3.82. The van der Waals surface area contributed by atoms with Crippen molar-refractivity contribution in [3.63, 3.8) is 0 Å². The van der Waals surface area contributed by atoms with Gasteiger partial charge in [0.15, 0.2) is 0 Å². The Kier molecular flexibility index (Phi) is 5.38. The van der Waals surface area contributed by atoms with E-state index in [1.807, 2.05) is 0 Å². The zero-order valence-corrected chi connectivity index (χ0v) is 10.6. The third-order valence-corrected chi connectivity index (χ3v) is 4.38. The Bertz CT molecular complexity index is 131. The quantitative estimate of drug-likeness (QED) is 0.628. The largest absolute Gasteiger partial charge is 0.0888 e. The van der Waals surface area contributed by atoms with Crippen LogP contribution in [0.15, 0.2) is 0 Å². The Balaban J connectivity index is 2.11. The van der Waals surface area contributed by atoms with Crippen LogP contribution < -0.4 is 0 Å². The third kappa shape index (κ3) is 4.49. The van der Waals surface area contributed by atoms with Crippen molar-refractivity contribution in [1.29, 1.82) is 0 Å². The number of hydrogen-bond acceptors (Lipinski definition) is 0. The first-order valence-electron chi connectivity index (χ1n) is 5.84. The summed E-state index contributed by atoms with van der Waals surface area (Å²) in [4.78, 5) is 0.827. The molecular weight excluding hydrogens is 224 g/mol. The average Bonchev–Trinajstić information content (AvgIpc) is 2.08. The minimum atomic E-state index is 0.827. The first kappa shape index (κ1) is 11.6. The molecule has 1 aliphatic carbocycles. The molecular formula is C12H23Br. The number of hydrogen-bond donors (Lipinski definition) is 0. The lowest BCUT2D eigenvalue weighted by atomic mass is 9.85. The summed E-state index contributed by atoms with van der Waals surface area (Å²) in [6.45, 7) is 4.65. The van der Waals surface area contributed by atoms with E-state index < -0.39 is 0 Å². The van der Waals surface area contributed by atoms with Crippen molar-refractivity contribution < 1.29 is 0 Å². The summed E-state index contributed by atoms with van der Waals surface area (Å²) >= 11 is 3.82. The maximum absolute atomic E-state index is 3.82. The van der Waals surface area contributed by atoms with Crippen molar-refractivity contribution >= 4 is 15.9 Å². The zero-order valence-electron chi connectivity index (χ0n) is 9.06. The van der Waals surface area contributed by atoms with E-state index in [1.165, 1.54) is 44.9 Å². The molecule has 0 aromatic rings. The standard InChI is InChI=1S/C12H23Br/c1-10(2)6-5-8-11-7-3-4-9-12(11)13/h10-12H,3-9H2,1-2H3. The molecule has 2 unspecified atom stereocenters. The molecule has 0 amide bonds.